The second-order valence-corrected chi connectivity index (χ2v) is 5.50. The first-order valence-electron chi connectivity index (χ1n) is 6.61. The summed E-state index contributed by atoms with van der Waals surface area (Å²) in [6.07, 6.45) is -0.684. The van der Waals surface area contributed by atoms with Crippen LogP contribution >= 0.6 is 0 Å². The van der Waals surface area contributed by atoms with Crippen LogP contribution in [0.5, 0.6) is 0 Å². The number of hydrogen-bond donors (Lipinski definition) is 0. The van der Waals surface area contributed by atoms with Crippen LogP contribution < -0.4 is 0 Å². The second-order valence-electron chi connectivity index (χ2n) is 5.50. The van der Waals surface area contributed by atoms with Crippen LogP contribution in [0.25, 0.3) is 5.57 Å². The van der Waals surface area contributed by atoms with Gasteiger partial charge in [-0.25, -0.2) is 0 Å². The molecule has 0 bridgehead atoms. The number of hydrogen-bond acceptors (Lipinski definition) is 4. The molecule has 0 unspecified atom stereocenters. The largest absolute Gasteiger partial charge is 0.284 e. The van der Waals surface area contributed by atoms with Crippen molar-refractivity contribution in [2.24, 2.45) is 5.92 Å². The third-order valence-corrected chi connectivity index (χ3v) is 4.42. The Labute approximate surface area is 116 Å². The molecular weight excluding hydrogens is 256 g/mol. The number of rotatable bonds is 0. The molecule has 2 saturated heterocycles. The fourth-order valence-electron chi connectivity index (χ4n) is 3.44. The minimum absolute atomic E-state index is 0.158. The lowest BCUT2D eigenvalue weighted by atomic mass is 9.84. The number of benzene rings is 1. The zero-order chi connectivity index (χ0) is 14.0. The average molecular weight is 270 g/mol. The predicted octanol–water partition coefficient (Wildman–Crippen LogP) is 0.985. The summed E-state index contributed by atoms with van der Waals surface area (Å²) in [7, 11) is 1.52. The summed E-state index contributed by atoms with van der Waals surface area (Å²) in [4.78, 5) is 31.3. The van der Waals surface area contributed by atoms with Crippen molar-refractivity contribution < 1.29 is 14.4 Å². The fourth-order valence-corrected chi connectivity index (χ4v) is 3.44. The Morgan fingerprint density at radius 3 is 2.80 bits per heavy atom. The van der Waals surface area contributed by atoms with Crippen molar-refractivity contribution >= 4 is 17.4 Å². The van der Waals surface area contributed by atoms with E-state index in [-0.39, 0.29) is 17.9 Å². The van der Waals surface area contributed by atoms with Crippen molar-refractivity contribution in [1.29, 1.82) is 0 Å². The van der Waals surface area contributed by atoms with Crippen LogP contribution in [0.15, 0.2) is 30.8 Å². The van der Waals surface area contributed by atoms with E-state index in [4.69, 9.17) is 4.84 Å². The van der Waals surface area contributed by atoms with E-state index in [1.54, 1.807) is 5.06 Å². The van der Waals surface area contributed by atoms with Crippen molar-refractivity contribution in [1.82, 2.24) is 9.96 Å². The smallest absolute Gasteiger partial charge is 0.261 e. The molecule has 0 radical (unpaired) electrons. The highest BCUT2D eigenvalue weighted by molar-refractivity contribution is 6.07. The van der Waals surface area contributed by atoms with Gasteiger partial charge in [-0.2, -0.15) is 5.06 Å². The van der Waals surface area contributed by atoms with Gasteiger partial charge < -0.3 is 0 Å². The van der Waals surface area contributed by atoms with E-state index in [1.165, 1.54) is 11.9 Å². The number of amides is 2. The summed E-state index contributed by atoms with van der Waals surface area (Å²) in [5.41, 5.74) is 3.03. The molecule has 3 aliphatic heterocycles. The number of likely N-dealkylation sites (N-methyl/N-ethyl adjacent to an activating group) is 1. The summed E-state index contributed by atoms with van der Waals surface area (Å²) >= 11 is 0. The molecule has 20 heavy (non-hydrogen) atoms. The van der Waals surface area contributed by atoms with Crippen LogP contribution in [0.4, 0.5) is 0 Å². The van der Waals surface area contributed by atoms with E-state index in [1.807, 2.05) is 24.3 Å². The molecule has 1 aromatic rings. The van der Waals surface area contributed by atoms with E-state index in [0.29, 0.717) is 6.54 Å². The molecule has 5 heteroatoms. The first kappa shape index (κ1) is 11.8. The highest BCUT2D eigenvalue weighted by Gasteiger charge is 2.59. The van der Waals surface area contributed by atoms with Crippen molar-refractivity contribution in [3.8, 4) is 0 Å². The number of carbonyl (C=O) groups excluding carboxylic acids is 2. The average Bonchev–Trinajstić information content (AvgIpc) is 2.92. The Kier molecular flexibility index (Phi) is 2.23. The van der Waals surface area contributed by atoms with Gasteiger partial charge in [-0.15, -0.1) is 0 Å². The van der Waals surface area contributed by atoms with E-state index >= 15 is 0 Å². The molecule has 0 saturated carbocycles. The highest BCUT2D eigenvalue weighted by atomic mass is 16.7. The van der Waals surface area contributed by atoms with Crippen molar-refractivity contribution in [2.75, 3.05) is 13.6 Å². The predicted molar refractivity (Wildman–Crippen MR) is 71.1 cm³/mol. The van der Waals surface area contributed by atoms with Gasteiger partial charge in [-0.3, -0.25) is 19.3 Å². The lowest BCUT2D eigenvalue weighted by Gasteiger charge is -2.33. The quantitative estimate of drug-likeness (QED) is 0.660. The number of imide groups is 1. The van der Waals surface area contributed by atoms with E-state index in [0.717, 1.165) is 16.7 Å². The highest BCUT2D eigenvalue weighted by Crippen LogP contribution is 2.48. The Bertz CT molecular complexity index is 654. The summed E-state index contributed by atoms with van der Waals surface area (Å²) in [6, 6.07) is 7.70. The minimum atomic E-state index is -0.684. The molecule has 0 N–H and O–H groups in total. The number of likely N-dealkylation sites (tertiary alicyclic amines) is 1. The number of hydroxylamine groups is 2. The zero-order valence-electron chi connectivity index (χ0n) is 11.1. The molecule has 1 aromatic carbocycles. The van der Waals surface area contributed by atoms with Gasteiger partial charge in [0, 0.05) is 13.6 Å². The first-order chi connectivity index (χ1) is 9.59. The van der Waals surface area contributed by atoms with Gasteiger partial charge in [0.25, 0.3) is 5.91 Å². The summed E-state index contributed by atoms with van der Waals surface area (Å²) in [6.45, 7) is 4.59. The molecule has 2 amide bonds. The van der Waals surface area contributed by atoms with Gasteiger partial charge in [0.1, 0.15) is 0 Å². The van der Waals surface area contributed by atoms with E-state index in [9.17, 15) is 9.59 Å². The SMILES string of the molecule is C=C1CN2O[C@H]3C(=O)N(C)C(=O)[C@H]3[C@H]2c2ccccc21. The van der Waals surface area contributed by atoms with Crippen molar-refractivity contribution in [3.63, 3.8) is 0 Å². The molecule has 3 atom stereocenters. The number of nitrogens with zero attached hydrogens (tertiary/aromatic N) is 2. The topological polar surface area (TPSA) is 49.9 Å². The molecule has 0 spiro atoms. The monoisotopic (exact) mass is 270 g/mol. The maximum absolute atomic E-state index is 12.3. The van der Waals surface area contributed by atoms with Crippen LogP contribution in [-0.2, 0) is 14.4 Å². The van der Waals surface area contributed by atoms with E-state index < -0.39 is 12.0 Å². The van der Waals surface area contributed by atoms with Crippen LogP contribution in [-0.4, -0.2) is 41.5 Å². The Balaban J connectivity index is 1.86. The molecule has 0 aromatic heterocycles. The normalized spacial score (nSPS) is 32.4. The second kappa shape index (κ2) is 3.77. The van der Waals surface area contributed by atoms with Gasteiger partial charge >= 0.3 is 0 Å². The minimum Gasteiger partial charge on any atom is -0.284 e. The van der Waals surface area contributed by atoms with Crippen molar-refractivity contribution in [3.05, 3.63) is 42.0 Å². The maximum Gasteiger partial charge on any atom is 0.261 e. The summed E-state index contributed by atoms with van der Waals surface area (Å²) in [5.74, 6) is -0.853. The van der Waals surface area contributed by atoms with Crippen LogP contribution in [0.2, 0.25) is 0 Å². The lowest BCUT2D eigenvalue weighted by Crippen LogP contribution is -2.37. The number of carbonyl (C=O) groups is 2. The van der Waals surface area contributed by atoms with E-state index in [2.05, 4.69) is 6.58 Å². The molecule has 5 nitrogen and oxygen atoms in total. The molecule has 0 aliphatic carbocycles. The van der Waals surface area contributed by atoms with Gasteiger partial charge in [-0.1, -0.05) is 30.8 Å². The Morgan fingerprint density at radius 2 is 2.00 bits per heavy atom. The molecule has 4 rings (SSSR count). The molecule has 102 valence electrons. The zero-order valence-corrected chi connectivity index (χ0v) is 11.1. The Hall–Kier alpha value is -1.98. The van der Waals surface area contributed by atoms with Gasteiger partial charge in [0.2, 0.25) is 5.91 Å². The standard InChI is InChI=1S/C15H14N2O3/c1-8-7-17-12(10-6-4-3-5-9(8)10)11-13(20-17)15(19)16(2)14(11)18/h3-6,11-13H,1,7H2,2H3/t11-,12+,13+/m0/s1. The molecule has 2 fully saturated rings. The van der Waals surface area contributed by atoms with Gasteiger partial charge in [0.05, 0.1) is 12.0 Å². The van der Waals surface area contributed by atoms with Crippen molar-refractivity contribution in [2.45, 2.75) is 12.1 Å². The summed E-state index contributed by atoms with van der Waals surface area (Å²) in [5, 5.41) is 1.74. The van der Waals surface area contributed by atoms with Gasteiger partial charge in [0.15, 0.2) is 6.10 Å². The van der Waals surface area contributed by atoms with Crippen LogP contribution in [0, 0.1) is 5.92 Å². The third-order valence-electron chi connectivity index (χ3n) is 4.42. The first-order valence-corrected chi connectivity index (χ1v) is 6.61. The molecule has 3 aliphatic rings. The lowest BCUT2D eigenvalue weighted by molar-refractivity contribution is -0.174. The molecule has 3 heterocycles. The summed E-state index contributed by atoms with van der Waals surface area (Å²) < 4.78 is 0. The molecular formula is C15H14N2O3. The Morgan fingerprint density at radius 1 is 1.25 bits per heavy atom. The van der Waals surface area contributed by atoms with Crippen LogP contribution in [0.3, 0.4) is 0 Å². The fraction of sp³-hybridized carbons (Fsp3) is 0.333. The number of fused-ring (bicyclic) bond motifs is 5. The van der Waals surface area contributed by atoms with Gasteiger partial charge in [-0.05, 0) is 16.7 Å². The third kappa shape index (κ3) is 1.29. The van der Waals surface area contributed by atoms with Crippen LogP contribution in [0.1, 0.15) is 17.2 Å². The maximum atomic E-state index is 12.3.